The van der Waals surface area contributed by atoms with Crippen molar-refractivity contribution in [2.24, 2.45) is 0 Å². The number of phenols is 1. The van der Waals surface area contributed by atoms with E-state index < -0.39 is 0 Å². The second kappa shape index (κ2) is 4.32. The van der Waals surface area contributed by atoms with Crippen LogP contribution < -0.4 is 11.1 Å². The van der Waals surface area contributed by atoms with Gasteiger partial charge in [-0.2, -0.15) is 0 Å². The Hall–Kier alpha value is -3.35. The summed E-state index contributed by atoms with van der Waals surface area (Å²) in [7, 11) is 0. The van der Waals surface area contributed by atoms with Crippen molar-refractivity contribution in [3.05, 3.63) is 63.4 Å². The van der Waals surface area contributed by atoms with Crippen molar-refractivity contribution in [3.63, 3.8) is 0 Å². The molecule has 7 heteroatoms. The molecule has 3 heterocycles. The molecular weight excluding hydrogens is 284 g/mol. The molecule has 0 aliphatic heterocycles. The van der Waals surface area contributed by atoms with Gasteiger partial charge >= 0.3 is 0 Å². The van der Waals surface area contributed by atoms with Gasteiger partial charge in [-0.1, -0.05) is 0 Å². The van der Waals surface area contributed by atoms with Gasteiger partial charge in [0.1, 0.15) is 5.75 Å². The molecule has 0 radical (unpaired) electrons. The van der Waals surface area contributed by atoms with Crippen LogP contribution in [-0.4, -0.2) is 24.9 Å². The molecule has 0 aliphatic carbocycles. The minimum absolute atomic E-state index is 0.113. The van der Waals surface area contributed by atoms with E-state index in [4.69, 9.17) is 0 Å². The minimum Gasteiger partial charge on any atom is -0.508 e. The van der Waals surface area contributed by atoms with Crippen molar-refractivity contribution < 1.29 is 5.11 Å². The minimum atomic E-state index is -0.260. The molecule has 0 aliphatic rings. The van der Waals surface area contributed by atoms with Gasteiger partial charge in [-0.15, -0.1) is 0 Å². The van der Waals surface area contributed by atoms with E-state index in [0.717, 1.165) is 5.39 Å². The van der Waals surface area contributed by atoms with Crippen LogP contribution in [0.2, 0.25) is 0 Å². The summed E-state index contributed by atoms with van der Waals surface area (Å²) < 4.78 is 1.34. The largest absolute Gasteiger partial charge is 0.508 e. The summed E-state index contributed by atoms with van der Waals surface area (Å²) in [6.07, 6.45) is 2.93. The molecule has 4 aromatic rings. The Morgan fingerprint density at radius 1 is 1.09 bits per heavy atom. The lowest BCUT2D eigenvalue weighted by molar-refractivity contribution is 0.476. The van der Waals surface area contributed by atoms with Crippen LogP contribution in [-0.2, 0) is 0 Å². The number of fused-ring (bicyclic) bond motifs is 3. The normalized spacial score (nSPS) is 11.3. The molecular formula is C15H10N4O3. The van der Waals surface area contributed by atoms with E-state index in [1.165, 1.54) is 29.2 Å². The molecule has 4 rings (SSSR count). The van der Waals surface area contributed by atoms with E-state index in [1.54, 1.807) is 18.2 Å². The maximum atomic E-state index is 12.5. The van der Waals surface area contributed by atoms with E-state index in [-0.39, 0.29) is 16.9 Å². The molecule has 22 heavy (non-hydrogen) atoms. The second-order valence-corrected chi connectivity index (χ2v) is 4.91. The summed E-state index contributed by atoms with van der Waals surface area (Å²) in [5.41, 5.74) is 1.23. The Balaban J connectivity index is 2.08. The number of hydrogen-bond acceptors (Lipinski definition) is 4. The number of aromatic hydroxyl groups is 1. The van der Waals surface area contributed by atoms with Gasteiger partial charge in [0.15, 0.2) is 0 Å². The highest BCUT2D eigenvalue weighted by atomic mass is 16.3. The molecule has 3 N–H and O–H groups in total. The van der Waals surface area contributed by atoms with Crippen molar-refractivity contribution >= 4 is 21.8 Å². The van der Waals surface area contributed by atoms with Gasteiger partial charge in [0, 0.05) is 29.9 Å². The zero-order chi connectivity index (χ0) is 15.3. The summed E-state index contributed by atoms with van der Waals surface area (Å²) in [5, 5.41) is 13.7. The lowest BCUT2D eigenvalue weighted by atomic mass is 10.1. The molecule has 108 valence electrons. The fraction of sp³-hybridized carbons (Fsp3) is 0. The average Bonchev–Trinajstić information content (AvgIpc) is 2.85. The Kier molecular flexibility index (Phi) is 2.43. The van der Waals surface area contributed by atoms with E-state index in [9.17, 15) is 14.7 Å². The Morgan fingerprint density at radius 2 is 1.95 bits per heavy atom. The fourth-order valence-electron chi connectivity index (χ4n) is 2.47. The number of nitrogens with zero attached hydrogens (tertiary/aromatic N) is 2. The van der Waals surface area contributed by atoms with Crippen LogP contribution in [0.5, 0.6) is 5.75 Å². The molecule has 0 saturated carbocycles. The predicted octanol–water partition coefficient (Wildman–Crippen LogP) is 1.26. The summed E-state index contributed by atoms with van der Waals surface area (Å²) in [5.74, 6) is 0.113. The summed E-state index contributed by atoms with van der Waals surface area (Å²) in [6, 6.07) is 7.68. The molecule has 0 amide bonds. The van der Waals surface area contributed by atoms with Crippen molar-refractivity contribution in [3.8, 4) is 11.4 Å². The number of H-pyrrole nitrogens is 2. The molecule has 7 nitrogen and oxygen atoms in total. The molecule has 0 atom stereocenters. The molecule has 0 unspecified atom stereocenters. The topological polar surface area (TPSA) is 104 Å². The first-order valence-corrected chi connectivity index (χ1v) is 6.55. The van der Waals surface area contributed by atoms with Crippen LogP contribution >= 0.6 is 0 Å². The zero-order valence-electron chi connectivity index (χ0n) is 11.2. The quantitative estimate of drug-likeness (QED) is 0.491. The van der Waals surface area contributed by atoms with Crippen molar-refractivity contribution in [2.75, 3.05) is 0 Å². The van der Waals surface area contributed by atoms with Crippen LogP contribution in [0, 0.1) is 0 Å². The van der Waals surface area contributed by atoms with Crippen molar-refractivity contribution in [2.45, 2.75) is 0 Å². The number of nitrogens with one attached hydrogen (secondary N) is 2. The van der Waals surface area contributed by atoms with E-state index in [2.05, 4.69) is 15.1 Å². The number of aromatic nitrogens is 4. The standard InChI is InChI=1S/C15H10N4O3/c20-9-2-3-10-12(5-9)16-7-11-14(10)18-19(15(11)22)8-1-4-13(21)17-6-8/h1-7,18,20H,(H,17,21). The first-order chi connectivity index (χ1) is 10.6. The highest BCUT2D eigenvalue weighted by molar-refractivity contribution is 6.03. The molecule has 0 saturated heterocycles. The van der Waals surface area contributed by atoms with Crippen LogP contribution in [0.25, 0.3) is 27.5 Å². The van der Waals surface area contributed by atoms with Gasteiger partial charge in [-0.05, 0) is 18.2 Å². The van der Waals surface area contributed by atoms with Crippen LogP contribution in [0.4, 0.5) is 0 Å². The monoisotopic (exact) mass is 294 g/mol. The van der Waals surface area contributed by atoms with Crippen LogP contribution in [0.15, 0.2) is 52.3 Å². The molecule has 0 spiro atoms. The molecule has 3 aromatic heterocycles. The SMILES string of the molecule is O=c1ccc(-n2[nH]c3c(cnc4cc(O)ccc43)c2=O)c[nH]1. The zero-order valence-corrected chi connectivity index (χ0v) is 11.2. The van der Waals surface area contributed by atoms with E-state index in [0.29, 0.717) is 22.1 Å². The third-order valence-corrected chi connectivity index (χ3v) is 3.54. The van der Waals surface area contributed by atoms with Crippen molar-refractivity contribution in [1.82, 2.24) is 19.7 Å². The van der Waals surface area contributed by atoms with Crippen LogP contribution in [0.3, 0.4) is 0 Å². The molecule has 0 fully saturated rings. The lowest BCUT2D eigenvalue weighted by Gasteiger charge is -2.00. The number of aromatic amines is 2. The van der Waals surface area contributed by atoms with E-state index in [1.807, 2.05) is 0 Å². The molecule has 1 aromatic carbocycles. The van der Waals surface area contributed by atoms with Crippen LogP contribution in [0.1, 0.15) is 0 Å². The van der Waals surface area contributed by atoms with E-state index >= 15 is 0 Å². The van der Waals surface area contributed by atoms with Gasteiger partial charge in [-0.3, -0.25) is 19.7 Å². The summed E-state index contributed by atoms with van der Waals surface area (Å²) in [4.78, 5) is 30.3. The predicted molar refractivity (Wildman–Crippen MR) is 81.5 cm³/mol. The van der Waals surface area contributed by atoms with Gasteiger partial charge in [0.25, 0.3) is 5.56 Å². The lowest BCUT2D eigenvalue weighted by Crippen LogP contribution is -2.16. The number of phenolic OH excluding ortho intramolecular Hbond substituents is 1. The number of hydrogen-bond donors (Lipinski definition) is 3. The summed E-state index contributed by atoms with van der Waals surface area (Å²) in [6.45, 7) is 0. The number of pyridine rings is 2. The highest BCUT2D eigenvalue weighted by Gasteiger charge is 2.12. The van der Waals surface area contributed by atoms with Gasteiger partial charge < -0.3 is 10.1 Å². The van der Waals surface area contributed by atoms with Gasteiger partial charge in [-0.25, -0.2) is 4.68 Å². The Labute approximate surface area is 122 Å². The Bertz CT molecular complexity index is 1120. The second-order valence-electron chi connectivity index (χ2n) is 4.91. The Morgan fingerprint density at radius 3 is 2.73 bits per heavy atom. The average molecular weight is 294 g/mol. The van der Waals surface area contributed by atoms with Gasteiger partial charge in [0.2, 0.25) is 5.56 Å². The fourth-order valence-corrected chi connectivity index (χ4v) is 2.47. The molecule has 0 bridgehead atoms. The first-order valence-electron chi connectivity index (χ1n) is 6.55. The van der Waals surface area contributed by atoms with Crippen molar-refractivity contribution in [1.29, 1.82) is 0 Å². The maximum Gasteiger partial charge on any atom is 0.280 e. The summed E-state index contributed by atoms with van der Waals surface area (Å²) >= 11 is 0. The maximum absolute atomic E-state index is 12.5. The number of benzene rings is 1. The van der Waals surface area contributed by atoms with Gasteiger partial charge in [0.05, 0.1) is 22.1 Å². The third-order valence-electron chi connectivity index (χ3n) is 3.54. The third kappa shape index (κ3) is 1.72. The first kappa shape index (κ1) is 12.4. The smallest absolute Gasteiger partial charge is 0.280 e. The number of rotatable bonds is 1. The highest BCUT2D eigenvalue weighted by Crippen LogP contribution is 2.23.